The Labute approximate surface area is 149 Å². The van der Waals surface area contributed by atoms with E-state index >= 15 is 0 Å². The summed E-state index contributed by atoms with van der Waals surface area (Å²) < 4.78 is 13.0. The predicted molar refractivity (Wildman–Crippen MR) is 96.7 cm³/mol. The smallest absolute Gasteiger partial charge is 0.277 e. The second kappa shape index (κ2) is 6.71. The minimum Gasteiger partial charge on any atom is -0.317 e. The summed E-state index contributed by atoms with van der Waals surface area (Å²) in [5.74, 6) is -0.495. The lowest BCUT2D eigenvalue weighted by atomic mass is 10.1. The molecule has 0 aliphatic carbocycles. The lowest BCUT2D eigenvalue weighted by Gasteiger charge is -2.16. The first-order chi connectivity index (χ1) is 11.5. The molecule has 0 radical (unpaired) electrons. The number of rotatable bonds is 3. The summed E-state index contributed by atoms with van der Waals surface area (Å²) in [4.78, 5) is 15.9. The topological polar surface area (TPSA) is 23.6 Å². The molecular weight excluding hydrogens is 347 g/mol. The number of thiocarbonyl (C=S) groups is 1. The van der Waals surface area contributed by atoms with Crippen LogP contribution in [-0.4, -0.2) is 27.9 Å². The molecule has 1 heterocycles. The van der Waals surface area contributed by atoms with Gasteiger partial charge in [-0.15, -0.1) is 0 Å². The van der Waals surface area contributed by atoms with Gasteiger partial charge in [-0.1, -0.05) is 35.9 Å². The Morgan fingerprint density at radius 2 is 1.75 bits per heavy atom. The fourth-order valence-corrected chi connectivity index (χ4v) is 2.81. The van der Waals surface area contributed by atoms with Crippen molar-refractivity contribution in [2.24, 2.45) is 0 Å². The van der Waals surface area contributed by atoms with Crippen LogP contribution < -0.4 is 0 Å². The van der Waals surface area contributed by atoms with Gasteiger partial charge in [-0.2, -0.15) is 0 Å². The summed E-state index contributed by atoms with van der Waals surface area (Å²) in [6.45, 7) is 0.375. The molecule has 0 aromatic heterocycles. The van der Waals surface area contributed by atoms with Gasteiger partial charge in [-0.3, -0.25) is 9.69 Å². The van der Waals surface area contributed by atoms with Gasteiger partial charge in [0.2, 0.25) is 0 Å². The van der Waals surface area contributed by atoms with E-state index in [1.165, 1.54) is 17.0 Å². The Morgan fingerprint density at radius 1 is 1.12 bits per heavy atom. The molecule has 2 aromatic carbocycles. The molecule has 6 heteroatoms. The van der Waals surface area contributed by atoms with Gasteiger partial charge >= 0.3 is 0 Å². The number of halogens is 2. The highest BCUT2D eigenvalue weighted by molar-refractivity contribution is 7.80. The normalized spacial score (nSPS) is 16.4. The number of amides is 1. The number of hydrogen-bond acceptors (Lipinski definition) is 2. The molecular formula is C18H14ClFN2OS. The molecule has 1 saturated heterocycles. The van der Waals surface area contributed by atoms with E-state index < -0.39 is 0 Å². The lowest BCUT2D eigenvalue weighted by Crippen LogP contribution is -2.30. The maximum Gasteiger partial charge on any atom is 0.277 e. The van der Waals surface area contributed by atoms with Crippen molar-refractivity contribution in [2.45, 2.75) is 6.54 Å². The van der Waals surface area contributed by atoms with Crippen LogP contribution in [0.25, 0.3) is 6.08 Å². The van der Waals surface area contributed by atoms with Crippen LogP contribution in [0.5, 0.6) is 0 Å². The first kappa shape index (κ1) is 16.6. The Kier molecular flexibility index (Phi) is 4.64. The summed E-state index contributed by atoms with van der Waals surface area (Å²) in [6, 6.07) is 13.2. The molecule has 3 nitrogen and oxygen atoms in total. The number of hydrogen-bond donors (Lipinski definition) is 0. The maximum atomic E-state index is 13.0. The van der Waals surface area contributed by atoms with Crippen molar-refractivity contribution in [2.75, 3.05) is 7.05 Å². The summed E-state index contributed by atoms with van der Waals surface area (Å²) in [7, 11) is 1.75. The zero-order valence-electron chi connectivity index (χ0n) is 12.9. The van der Waals surface area contributed by atoms with Gasteiger partial charge < -0.3 is 4.90 Å². The Balaban J connectivity index is 1.86. The number of likely N-dealkylation sites (N-methyl/N-ethyl adjacent to an activating group) is 1. The Hall–Kier alpha value is -2.24. The first-order valence-corrected chi connectivity index (χ1v) is 8.05. The molecule has 0 N–H and O–H groups in total. The van der Waals surface area contributed by atoms with Crippen LogP contribution in [0.1, 0.15) is 11.1 Å². The van der Waals surface area contributed by atoms with Crippen LogP contribution in [-0.2, 0) is 11.3 Å². The van der Waals surface area contributed by atoms with Crippen molar-refractivity contribution in [3.63, 3.8) is 0 Å². The molecule has 1 amide bonds. The minimum atomic E-state index is -0.317. The third kappa shape index (κ3) is 3.32. The highest BCUT2D eigenvalue weighted by atomic mass is 35.5. The van der Waals surface area contributed by atoms with E-state index in [9.17, 15) is 9.18 Å². The predicted octanol–water partition coefficient (Wildman–Crippen LogP) is 4.08. The molecule has 1 aliphatic heterocycles. The van der Waals surface area contributed by atoms with Gasteiger partial charge in [0.15, 0.2) is 5.11 Å². The standard InChI is InChI=1S/C18H14ClFN2OS/c1-21-16(10-12-4-8-15(20)9-5-12)17(23)22(18(21)24)11-13-2-6-14(19)7-3-13/h2-10H,11H2,1H3/b16-10-. The number of carbonyl (C=O) groups is 1. The Morgan fingerprint density at radius 3 is 2.38 bits per heavy atom. The van der Waals surface area contributed by atoms with Crippen molar-refractivity contribution in [1.82, 2.24) is 9.80 Å². The van der Waals surface area contributed by atoms with Crippen molar-refractivity contribution < 1.29 is 9.18 Å². The van der Waals surface area contributed by atoms with Gasteiger partial charge in [0.1, 0.15) is 11.5 Å². The SMILES string of the molecule is CN1C(=S)N(Cc2ccc(Cl)cc2)C(=O)/C1=C/c1ccc(F)cc1. The highest BCUT2D eigenvalue weighted by Gasteiger charge is 2.35. The van der Waals surface area contributed by atoms with E-state index in [2.05, 4.69) is 0 Å². The highest BCUT2D eigenvalue weighted by Crippen LogP contribution is 2.24. The van der Waals surface area contributed by atoms with E-state index in [1.807, 2.05) is 12.1 Å². The molecule has 1 aliphatic rings. The molecule has 1 fully saturated rings. The van der Waals surface area contributed by atoms with E-state index in [0.717, 1.165) is 11.1 Å². The average Bonchev–Trinajstić information content (AvgIpc) is 2.76. The largest absolute Gasteiger partial charge is 0.317 e. The van der Waals surface area contributed by atoms with Crippen molar-refractivity contribution >= 4 is 40.9 Å². The molecule has 0 bridgehead atoms. The molecule has 122 valence electrons. The van der Waals surface area contributed by atoms with Crippen LogP contribution in [0.3, 0.4) is 0 Å². The van der Waals surface area contributed by atoms with Gasteiger partial charge in [0.05, 0.1) is 6.54 Å². The van der Waals surface area contributed by atoms with Crippen LogP contribution >= 0.6 is 23.8 Å². The van der Waals surface area contributed by atoms with Gasteiger partial charge in [-0.25, -0.2) is 4.39 Å². The summed E-state index contributed by atoms with van der Waals surface area (Å²) >= 11 is 11.3. The molecule has 0 atom stereocenters. The van der Waals surface area contributed by atoms with Crippen molar-refractivity contribution in [1.29, 1.82) is 0 Å². The molecule has 0 saturated carbocycles. The maximum absolute atomic E-state index is 13.0. The zero-order valence-corrected chi connectivity index (χ0v) is 14.4. The van der Waals surface area contributed by atoms with E-state index in [4.69, 9.17) is 23.8 Å². The fraction of sp³-hybridized carbons (Fsp3) is 0.111. The van der Waals surface area contributed by atoms with Gasteiger partial charge in [0.25, 0.3) is 5.91 Å². The fourth-order valence-electron chi connectivity index (χ4n) is 2.44. The molecule has 3 rings (SSSR count). The Bertz CT molecular complexity index is 818. The zero-order chi connectivity index (χ0) is 17.3. The molecule has 0 unspecified atom stereocenters. The molecule has 2 aromatic rings. The summed E-state index contributed by atoms with van der Waals surface area (Å²) in [5, 5.41) is 1.08. The molecule has 0 spiro atoms. The average molecular weight is 361 g/mol. The number of nitrogens with zero attached hydrogens (tertiary/aromatic N) is 2. The second-order valence-electron chi connectivity index (χ2n) is 5.44. The lowest BCUT2D eigenvalue weighted by molar-refractivity contribution is -0.122. The summed E-state index contributed by atoms with van der Waals surface area (Å²) in [5.41, 5.74) is 2.13. The van der Waals surface area contributed by atoms with Crippen LogP contribution in [0.2, 0.25) is 5.02 Å². The van der Waals surface area contributed by atoms with E-state index in [0.29, 0.717) is 22.4 Å². The quantitative estimate of drug-likeness (QED) is 0.608. The van der Waals surface area contributed by atoms with E-state index in [-0.39, 0.29) is 11.7 Å². The summed E-state index contributed by atoms with van der Waals surface area (Å²) in [6.07, 6.45) is 1.70. The van der Waals surface area contributed by atoms with Gasteiger partial charge in [-0.05, 0) is 53.7 Å². The third-order valence-electron chi connectivity index (χ3n) is 3.77. The minimum absolute atomic E-state index is 0.179. The number of carbonyl (C=O) groups excluding carboxylic acids is 1. The van der Waals surface area contributed by atoms with Crippen LogP contribution in [0, 0.1) is 5.82 Å². The van der Waals surface area contributed by atoms with Gasteiger partial charge in [0, 0.05) is 12.1 Å². The monoisotopic (exact) mass is 360 g/mol. The molecule has 24 heavy (non-hydrogen) atoms. The number of benzene rings is 2. The van der Waals surface area contributed by atoms with E-state index in [1.54, 1.807) is 42.3 Å². The van der Waals surface area contributed by atoms with Crippen LogP contribution in [0.15, 0.2) is 54.2 Å². The van der Waals surface area contributed by atoms with Crippen molar-refractivity contribution in [3.8, 4) is 0 Å². The third-order valence-corrected chi connectivity index (χ3v) is 4.52. The van der Waals surface area contributed by atoms with Crippen LogP contribution in [0.4, 0.5) is 4.39 Å². The second-order valence-corrected chi connectivity index (χ2v) is 6.24. The van der Waals surface area contributed by atoms with Crippen molar-refractivity contribution in [3.05, 3.63) is 76.2 Å². The first-order valence-electron chi connectivity index (χ1n) is 7.27.